The monoisotopic (exact) mass is 287 g/mol. The number of nitrogens with zero attached hydrogens (tertiary/aromatic N) is 1. The number of phenols is 1. The number of carbonyl (C=O) groups is 1. The van der Waals surface area contributed by atoms with E-state index in [0.29, 0.717) is 29.0 Å². The molecule has 1 N–H and O–H groups in total. The van der Waals surface area contributed by atoms with E-state index in [1.165, 1.54) is 0 Å². The number of hydrogen-bond acceptors (Lipinski definition) is 4. The molecule has 1 aromatic carbocycles. The van der Waals surface area contributed by atoms with E-state index >= 15 is 0 Å². The second-order valence-corrected chi connectivity index (χ2v) is 5.95. The number of hydrogen-bond donors (Lipinski definition) is 1. The average Bonchev–Trinajstić information content (AvgIpc) is 2.40. The minimum atomic E-state index is -0.394. The third kappa shape index (κ3) is 3.34. The van der Waals surface area contributed by atoms with Gasteiger partial charge >= 0.3 is 0 Å². The molecule has 112 valence electrons. The van der Waals surface area contributed by atoms with Crippen LogP contribution in [0.5, 0.6) is 11.5 Å². The quantitative estimate of drug-likeness (QED) is 0.683. The van der Waals surface area contributed by atoms with Crippen molar-refractivity contribution < 1.29 is 14.6 Å². The van der Waals surface area contributed by atoms with Crippen LogP contribution in [0.15, 0.2) is 24.3 Å². The van der Waals surface area contributed by atoms with Gasteiger partial charge in [0.25, 0.3) is 0 Å². The van der Waals surface area contributed by atoms with E-state index in [4.69, 9.17) is 4.74 Å². The molecule has 0 saturated heterocycles. The molecule has 0 bridgehead atoms. The fourth-order valence-corrected chi connectivity index (χ4v) is 2.18. The zero-order valence-electron chi connectivity index (χ0n) is 12.9. The van der Waals surface area contributed by atoms with Gasteiger partial charge in [0.1, 0.15) is 17.1 Å². The maximum Gasteiger partial charge on any atom is 0.150 e. The van der Waals surface area contributed by atoms with Crippen LogP contribution in [0, 0.1) is 0 Å². The third-order valence-corrected chi connectivity index (χ3v) is 3.32. The van der Waals surface area contributed by atoms with Crippen LogP contribution in [-0.2, 0) is 4.79 Å². The standard InChI is InChI=1S/C17H21NO3/c1-17(2)9-7-14-15(21-17)6-5-13(16(14)20)12(11-19)8-10-18(3)4/h5-9,11,20H,10H2,1-4H3/b12-8-. The molecule has 1 aliphatic rings. The maximum atomic E-state index is 11.3. The number of aromatic hydroxyl groups is 1. The predicted molar refractivity (Wildman–Crippen MR) is 84.4 cm³/mol. The summed E-state index contributed by atoms with van der Waals surface area (Å²) in [7, 11) is 3.84. The molecule has 4 nitrogen and oxygen atoms in total. The van der Waals surface area contributed by atoms with Gasteiger partial charge in [-0.25, -0.2) is 0 Å². The molecule has 21 heavy (non-hydrogen) atoms. The van der Waals surface area contributed by atoms with E-state index in [1.807, 2.05) is 45.0 Å². The van der Waals surface area contributed by atoms with Gasteiger partial charge in [0.05, 0.1) is 5.56 Å². The zero-order chi connectivity index (χ0) is 15.6. The van der Waals surface area contributed by atoms with Gasteiger partial charge in [-0.05, 0) is 52.2 Å². The van der Waals surface area contributed by atoms with Gasteiger partial charge < -0.3 is 14.7 Å². The Hall–Kier alpha value is -2.07. The van der Waals surface area contributed by atoms with Crippen LogP contribution >= 0.6 is 0 Å². The molecule has 0 unspecified atom stereocenters. The molecule has 0 fully saturated rings. The topological polar surface area (TPSA) is 49.8 Å². The normalized spacial score (nSPS) is 16.5. The lowest BCUT2D eigenvalue weighted by Gasteiger charge is -2.28. The van der Waals surface area contributed by atoms with Gasteiger partial charge in [-0.15, -0.1) is 0 Å². The fourth-order valence-electron chi connectivity index (χ4n) is 2.18. The Morgan fingerprint density at radius 3 is 2.71 bits per heavy atom. The molecule has 0 radical (unpaired) electrons. The highest BCUT2D eigenvalue weighted by molar-refractivity contribution is 6.08. The molecular formula is C17H21NO3. The van der Waals surface area contributed by atoms with Crippen molar-refractivity contribution >= 4 is 17.9 Å². The molecule has 0 atom stereocenters. The SMILES string of the molecule is CN(C)C/C=C(/C=O)c1ccc2c(c1O)C=CC(C)(C)O2. The van der Waals surface area contributed by atoms with E-state index < -0.39 is 5.60 Å². The highest BCUT2D eigenvalue weighted by Gasteiger charge is 2.24. The van der Waals surface area contributed by atoms with Crippen LogP contribution < -0.4 is 4.74 Å². The van der Waals surface area contributed by atoms with Crippen molar-refractivity contribution in [3.05, 3.63) is 35.4 Å². The van der Waals surface area contributed by atoms with Crippen molar-refractivity contribution in [1.29, 1.82) is 0 Å². The van der Waals surface area contributed by atoms with Crippen LogP contribution in [0.25, 0.3) is 11.6 Å². The minimum absolute atomic E-state index is 0.0800. The molecule has 1 heterocycles. The first-order valence-electron chi connectivity index (χ1n) is 6.89. The lowest BCUT2D eigenvalue weighted by molar-refractivity contribution is -0.103. The van der Waals surface area contributed by atoms with Crippen molar-refractivity contribution in [2.75, 3.05) is 20.6 Å². The first kappa shape index (κ1) is 15.3. The average molecular weight is 287 g/mol. The predicted octanol–water partition coefficient (Wildman–Crippen LogP) is 2.72. The number of fused-ring (bicyclic) bond motifs is 1. The number of rotatable bonds is 4. The number of benzene rings is 1. The zero-order valence-corrected chi connectivity index (χ0v) is 12.9. The van der Waals surface area contributed by atoms with E-state index in [2.05, 4.69) is 0 Å². The van der Waals surface area contributed by atoms with E-state index in [0.717, 1.165) is 6.29 Å². The lowest BCUT2D eigenvalue weighted by atomic mass is 9.97. The summed E-state index contributed by atoms with van der Waals surface area (Å²) in [5.41, 5.74) is 1.22. The Morgan fingerprint density at radius 1 is 1.38 bits per heavy atom. The van der Waals surface area contributed by atoms with Gasteiger partial charge in [-0.3, -0.25) is 4.79 Å². The summed E-state index contributed by atoms with van der Waals surface area (Å²) in [6.45, 7) is 4.53. The Labute approximate surface area is 125 Å². The molecule has 0 saturated carbocycles. The summed E-state index contributed by atoms with van der Waals surface area (Å²) in [4.78, 5) is 13.2. The fraction of sp³-hybridized carbons (Fsp3) is 0.353. The second-order valence-electron chi connectivity index (χ2n) is 5.95. The summed E-state index contributed by atoms with van der Waals surface area (Å²) < 4.78 is 5.80. The summed E-state index contributed by atoms with van der Waals surface area (Å²) in [6.07, 6.45) is 6.29. The van der Waals surface area contributed by atoms with Crippen molar-refractivity contribution in [2.24, 2.45) is 0 Å². The molecular weight excluding hydrogens is 266 g/mol. The van der Waals surface area contributed by atoms with Crippen molar-refractivity contribution in [1.82, 2.24) is 4.90 Å². The Bertz CT molecular complexity index is 613. The van der Waals surface area contributed by atoms with Gasteiger partial charge in [0.2, 0.25) is 0 Å². The second kappa shape index (κ2) is 5.74. The molecule has 2 rings (SSSR count). The van der Waals surface area contributed by atoms with Gasteiger partial charge in [0.15, 0.2) is 6.29 Å². The van der Waals surface area contributed by atoms with Gasteiger partial charge in [-0.2, -0.15) is 0 Å². The first-order chi connectivity index (χ1) is 9.84. The Kier molecular flexibility index (Phi) is 4.19. The van der Waals surface area contributed by atoms with Crippen LogP contribution in [0.4, 0.5) is 0 Å². The van der Waals surface area contributed by atoms with Crippen LogP contribution in [0.2, 0.25) is 0 Å². The van der Waals surface area contributed by atoms with Crippen LogP contribution in [-0.4, -0.2) is 42.5 Å². The largest absolute Gasteiger partial charge is 0.507 e. The minimum Gasteiger partial charge on any atom is -0.507 e. The van der Waals surface area contributed by atoms with Crippen LogP contribution in [0.1, 0.15) is 25.0 Å². The highest BCUT2D eigenvalue weighted by Crippen LogP contribution is 2.40. The Morgan fingerprint density at radius 2 is 2.10 bits per heavy atom. The summed E-state index contributed by atoms with van der Waals surface area (Å²) in [6, 6.07) is 3.52. The highest BCUT2D eigenvalue weighted by atomic mass is 16.5. The molecule has 0 amide bonds. The van der Waals surface area contributed by atoms with Crippen LogP contribution in [0.3, 0.4) is 0 Å². The number of likely N-dealkylation sites (N-methyl/N-ethyl adjacent to an activating group) is 1. The first-order valence-corrected chi connectivity index (χ1v) is 6.89. The number of allylic oxidation sites excluding steroid dienone is 1. The summed E-state index contributed by atoms with van der Waals surface area (Å²) in [5, 5.41) is 10.4. The van der Waals surface area contributed by atoms with Gasteiger partial charge in [0, 0.05) is 17.7 Å². The van der Waals surface area contributed by atoms with Gasteiger partial charge in [-0.1, -0.05) is 6.08 Å². The molecule has 1 aliphatic heterocycles. The summed E-state index contributed by atoms with van der Waals surface area (Å²) in [5.74, 6) is 0.706. The number of carbonyl (C=O) groups excluding carboxylic acids is 1. The smallest absolute Gasteiger partial charge is 0.150 e. The van der Waals surface area contributed by atoms with Crippen molar-refractivity contribution in [3.8, 4) is 11.5 Å². The molecule has 4 heteroatoms. The molecule has 0 aliphatic carbocycles. The third-order valence-electron chi connectivity index (χ3n) is 3.32. The molecule has 1 aromatic rings. The number of phenolic OH excluding ortho intramolecular Hbond substituents is 1. The summed E-state index contributed by atoms with van der Waals surface area (Å²) >= 11 is 0. The van der Waals surface area contributed by atoms with E-state index in [-0.39, 0.29) is 5.75 Å². The lowest BCUT2D eigenvalue weighted by Crippen LogP contribution is -2.27. The molecule has 0 spiro atoms. The molecule has 0 aromatic heterocycles. The van der Waals surface area contributed by atoms with E-state index in [1.54, 1.807) is 18.2 Å². The van der Waals surface area contributed by atoms with E-state index in [9.17, 15) is 9.90 Å². The van der Waals surface area contributed by atoms with Crippen molar-refractivity contribution in [2.45, 2.75) is 19.4 Å². The van der Waals surface area contributed by atoms with Crippen molar-refractivity contribution in [3.63, 3.8) is 0 Å². The maximum absolute atomic E-state index is 11.3. The Balaban J connectivity index is 2.44. The number of aldehydes is 1. The number of ether oxygens (including phenoxy) is 1.